The molecule has 0 saturated carbocycles. The molecule has 0 bridgehead atoms. The fraction of sp³-hybridized carbons (Fsp3) is 0.400. The van der Waals surface area contributed by atoms with E-state index < -0.39 is 0 Å². The van der Waals surface area contributed by atoms with Gasteiger partial charge in [0, 0.05) is 18.8 Å². The van der Waals surface area contributed by atoms with Gasteiger partial charge in [-0.3, -0.25) is 0 Å². The summed E-state index contributed by atoms with van der Waals surface area (Å²) in [5.41, 5.74) is 3.46. The highest BCUT2D eigenvalue weighted by molar-refractivity contribution is 5.58. The van der Waals surface area contributed by atoms with Gasteiger partial charge >= 0.3 is 0 Å². The largest absolute Gasteiger partial charge is 0.340 e. The van der Waals surface area contributed by atoms with Crippen LogP contribution in [0.3, 0.4) is 0 Å². The van der Waals surface area contributed by atoms with E-state index in [0.717, 1.165) is 18.8 Å². The summed E-state index contributed by atoms with van der Waals surface area (Å²) in [6.07, 6.45) is 1.64. The van der Waals surface area contributed by atoms with Crippen LogP contribution >= 0.6 is 0 Å². The molecule has 2 rings (SSSR count). The molecular formula is C15H21N5. The molecule has 1 N–H and O–H groups in total. The van der Waals surface area contributed by atoms with Crippen LogP contribution in [0.25, 0.3) is 0 Å². The molecule has 1 aromatic carbocycles. The van der Waals surface area contributed by atoms with Gasteiger partial charge in [0.2, 0.25) is 5.95 Å². The van der Waals surface area contributed by atoms with Crippen molar-refractivity contribution in [3.8, 4) is 0 Å². The quantitative estimate of drug-likeness (QED) is 0.905. The van der Waals surface area contributed by atoms with Crippen molar-refractivity contribution in [1.82, 2.24) is 15.2 Å². The second-order valence-corrected chi connectivity index (χ2v) is 4.82. The number of nitrogens with one attached hydrogen (secondary N) is 1. The SMILES string of the molecule is CCN(CC)c1nncc(Nc2cc(C)cc(C)c2)n1. The lowest BCUT2D eigenvalue weighted by Crippen LogP contribution is -2.24. The maximum Gasteiger partial charge on any atom is 0.247 e. The van der Waals surface area contributed by atoms with Crippen LogP contribution in [0.2, 0.25) is 0 Å². The summed E-state index contributed by atoms with van der Waals surface area (Å²) < 4.78 is 0. The van der Waals surface area contributed by atoms with Crippen molar-refractivity contribution in [3.63, 3.8) is 0 Å². The zero-order valence-electron chi connectivity index (χ0n) is 12.5. The van der Waals surface area contributed by atoms with Crippen LogP contribution in [-0.4, -0.2) is 28.3 Å². The Hall–Kier alpha value is -2.17. The molecule has 20 heavy (non-hydrogen) atoms. The van der Waals surface area contributed by atoms with Crippen LogP contribution in [0.4, 0.5) is 17.5 Å². The van der Waals surface area contributed by atoms with E-state index in [0.29, 0.717) is 11.8 Å². The van der Waals surface area contributed by atoms with E-state index >= 15 is 0 Å². The van der Waals surface area contributed by atoms with Gasteiger partial charge < -0.3 is 10.2 Å². The van der Waals surface area contributed by atoms with Crippen molar-refractivity contribution in [1.29, 1.82) is 0 Å². The lowest BCUT2D eigenvalue weighted by molar-refractivity contribution is 0.796. The van der Waals surface area contributed by atoms with Crippen LogP contribution in [0.15, 0.2) is 24.4 Å². The Balaban J connectivity index is 2.23. The molecule has 0 amide bonds. The van der Waals surface area contributed by atoms with Gasteiger partial charge in [0.15, 0.2) is 5.82 Å². The Morgan fingerprint density at radius 2 is 1.70 bits per heavy atom. The van der Waals surface area contributed by atoms with Crippen LogP contribution < -0.4 is 10.2 Å². The molecule has 1 heterocycles. The number of hydrogen-bond acceptors (Lipinski definition) is 5. The molecule has 0 saturated heterocycles. The van der Waals surface area contributed by atoms with Gasteiger partial charge in [-0.15, -0.1) is 5.10 Å². The highest BCUT2D eigenvalue weighted by atomic mass is 15.3. The molecule has 1 aromatic heterocycles. The summed E-state index contributed by atoms with van der Waals surface area (Å²) in [4.78, 5) is 6.58. The molecule has 106 valence electrons. The van der Waals surface area contributed by atoms with Gasteiger partial charge in [0.25, 0.3) is 0 Å². The maximum absolute atomic E-state index is 4.51. The van der Waals surface area contributed by atoms with Crippen molar-refractivity contribution in [2.45, 2.75) is 27.7 Å². The molecular weight excluding hydrogens is 250 g/mol. The molecule has 0 aliphatic carbocycles. The molecule has 0 unspecified atom stereocenters. The van der Waals surface area contributed by atoms with E-state index in [-0.39, 0.29) is 0 Å². The van der Waals surface area contributed by atoms with E-state index in [1.165, 1.54) is 11.1 Å². The molecule has 0 atom stereocenters. The molecule has 5 nitrogen and oxygen atoms in total. The van der Waals surface area contributed by atoms with Crippen molar-refractivity contribution >= 4 is 17.5 Å². The van der Waals surface area contributed by atoms with Crippen LogP contribution in [0.1, 0.15) is 25.0 Å². The second kappa shape index (κ2) is 6.32. The first-order chi connectivity index (χ1) is 9.62. The number of aryl methyl sites for hydroxylation is 2. The zero-order valence-corrected chi connectivity index (χ0v) is 12.5. The fourth-order valence-electron chi connectivity index (χ4n) is 2.19. The van der Waals surface area contributed by atoms with Gasteiger partial charge in [-0.05, 0) is 51.0 Å². The van der Waals surface area contributed by atoms with Gasteiger partial charge in [0.1, 0.15) is 0 Å². The number of aromatic nitrogens is 3. The molecule has 0 fully saturated rings. The average molecular weight is 271 g/mol. The molecule has 0 spiro atoms. The van der Waals surface area contributed by atoms with Gasteiger partial charge in [0.05, 0.1) is 6.20 Å². The van der Waals surface area contributed by atoms with E-state index in [9.17, 15) is 0 Å². The molecule has 5 heteroatoms. The first-order valence-electron chi connectivity index (χ1n) is 6.92. The third kappa shape index (κ3) is 3.44. The molecule has 0 radical (unpaired) electrons. The van der Waals surface area contributed by atoms with Crippen LogP contribution in [0, 0.1) is 13.8 Å². The van der Waals surface area contributed by atoms with Gasteiger partial charge in [-0.25, -0.2) is 0 Å². The molecule has 0 aliphatic rings. The zero-order chi connectivity index (χ0) is 14.5. The Labute approximate surface area is 120 Å². The fourth-order valence-corrected chi connectivity index (χ4v) is 2.19. The monoisotopic (exact) mass is 271 g/mol. The maximum atomic E-state index is 4.51. The Morgan fingerprint density at radius 3 is 2.30 bits per heavy atom. The second-order valence-electron chi connectivity index (χ2n) is 4.82. The number of anilines is 3. The average Bonchev–Trinajstić information content (AvgIpc) is 2.39. The van der Waals surface area contributed by atoms with Gasteiger partial charge in [-0.1, -0.05) is 6.07 Å². The summed E-state index contributed by atoms with van der Waals surface area (Å²) in [7, 11) is 0. The van der Waals surface area contributed by atoms with E-state index in [4.69, 9.17) is 0 Å². The van der Waals surface area contributed by atoms with Crippen molar-refractivity contribution in [2.75, 3.05) is 23.3 Å². The highest BCUT2D eigenvalue weighted by Crippen LogP contribution is 2.18. The minimum atomic E-state index is 0.657. The summed E-state index contributed by atoms with van der Waals surface area (Å²) in [5.74, 6) is 1.37. The van der Waals surface area contributed by atoms with Crippen molar-refractivity contribution in [3.05, 3.63) is 35.5 Å². The van der Waals surface area contributed by atoms with Crippen molar-refractivity contribution < 1.29 is 0 Å². The van der Waals surface area contributed by atoms with E-state index in [2.05, 4.69) is 71.3 Å². The molecule has 2 aromatic rings. The highest BCUT2D eigenvalue weighted by Gasteiger charge is 2.07. The normalized spacial score (nSPS) is 10.4. The van der Waals surface area contributed by atoms with E-state index in [1.807, 2.05) is 0 Å². The number of nitrogens with zero attached hydrogens (tertiary/aromatic N) is 4. The minimum absolute atomic E-state index is 0.657. The van der Waals surface area contributed by atoms with Crippen molar-refractivity contribution in [2.24, 2.45) is 0 Å². The Morgan fingerprint density at radius 1 is 1.05 bits per heavy atom. The lowest BCUT2D eigenvalue weighted by atomic mass is 10.1. The topological polar surface area (TPSA) is 53.9 Å². The number of hydrogen-bond donors (Lipinski definition) is 1. The predicted molar refractivity (Wildman–Crippen MR) is 82.6 cm³/mol. The number of rotatable bonds is 5. The third-order valence-electron chi connectivity index (χ3n) is 3.09. The standard InChI is InChI=1S/C15H21N5/c1-5-20(6-2)15-18-14(10-16-19-15)17-13-8-11(3)7-12(4)9-13/h7-10H,5-6H2,1-4H3,(H,17,18,19). The summed E-state index contributed by atoms with van der Waals surface area (Å²) in [6, 6.07) is 6.32. The summed E-state index contributed by atoms with van der Waals surface area (Å²) >= 11 is 0. The summed E-state index contributed by atoms with van der Waals surface area (Å²) in [5, 5.41) is 11.4. The van der Waals surface area contributed by atoms with Gasteiger partial charge in [-0.2, -0.15) is 10.1 Å². The third-order valence-corrected chi connectivity index (χ3v) is 3.09. The van der Waals surface area contributed by atoms with E-state index in [1.54, 1.807) is 6.20 Å². The van der Waals surface area contributed by atoms with Crippen LogP contribution in [-0.2, 0) is 0 Å². The minimum Gasteiger partial charge on any atom is -0.340 e. The molecule has 0 aliphatic heterocycles. The Kier molecular flexibility index (Phi) is 4.50. The smallest absolute Gasteiger partial charge is 0.247 e. The first kappa shape index (κ1) is 14.2. The number of benzene rings is 1. The first-order valence-corrected chi connectivity index (χ1v) is 6.92. The summed E-state index contributed by atoms with van der Waals surface area (Å²) in [6.45, 7) is 10.1. The predicted octanol–water partition coefficient (Wildman–Crippen LogP) is 3.08. The lowest BCUT2D eigenvalue weighted by Gasteiger charge is -2.18. The Bertz CT molecular complexity index is 558. The van der Waals surface area contributed by atoms with Crippen LogP contribution in [0.5, 0.6) is 0 Å².